The molecule has 0 aliphatic heterocycles. The van der Waals surface area contributed by atoms with E-state index in [0.717, 1.165) is 19.3 Å². The number of benzene rings is 1. The molecule has 112 valence electrons. The number of nitrogens with one attached hydrogen (secondary N) is 1. The molecule has 1 N–H and O–H groups in total. The highest BCUT2D eigenvalue weighted by atomic mass is 35.5. The van der Waals surface area contributed by atoms with Crippen LogP contribution in [0.5, 0.6) is 0 Å². The Bertz CT molecular complexity index is 543. The Balaban J connectivity index is 2.46. The first-order valence-electron chi connectivity index (χ1n) is 6.70. The summed E-state index contributed by atoms with van der Waals surface area (Å²) in [7, 11) is -3.46. The maximum absolute atomic E-state index is 12.0. The van der Waals surface area contributed by atoms with Crippen LogP contribution in [-0.2, 0) is 14.6 Å². The summed E-state index contributed by atoms with van der Waals surface area (Å²) in [6.07, 6.45) is 3.03. The minimum atomic E-state index is -3.46. The van der Waals surface area contributed by atoms with Gasteiger partial charge in [-0.25, -0.2) is 8.42 Å². The molecule has 1 amide bonds. The molecular weight excluding hydrogens is 298 g/mol. The molecule has 0 atom stereocenters. The van der Waals surface area contributed by atoms with Crippen molar-refractivity contribution in [2.75, 3.05) is 12.3 Å². The zero-order valence-corrected chi connectivity index (χ0v) is 13.1. The van der Waals surface area contributed by atoms with Gasteiger partial charge in [0.1, 0.15) is 0 Å². The summed E-state index contributed by atoms with van der Waals surface area (Å²) in [5.74, 6) is -0.431. The van der Waals surface area contributed by atoms with Crippen LogP contribution in [0, 0.1) is 0 Å². The van der Waals surface area contributed by atoms with Crippen molar-refractivity contribution in [1.82, 2.24) is 5.32 Å². The summed E-state index contributed by atoms with van der Waals surface area (Å²) in [5, 5.41) is 3.09. The average molecular weight is 318 g/mol. The van der Waals surface area contributed by atoms with E-state index in [9.17, 15) is 13.2 Å². The lowest BCUT2D eigenvalue weighted by atomic mass is 10.2. The number of sulfone groups is 1. The zero-order valence-electron chi connectivity index (χ0n) is 11.6. The Labute approximate surface area is 125 Å². The summed E-state index contributed by atoms with van der Waals surface area (Å²) in [5.41, 5.74) is 0. The van der Waals surface area contributed by atoms with Crippen molar-refractivity contribution in [2.24, 2.45) is 0 Å². The van der Waals surface area contributed by atoms with Crippen LogP contribution >= 0.6 is 11.6 Å². The largest absolute Gasteiger partial charge is 0.356 e. The molecule has 6 heteroatoms. The van der Waals surface area contributed by atoms with E-state index >= 15 is 0 Å². The van der Waals surface area contributed by atoms with Crippen LogP contribution in [-0.4, -0.2) is 26.6 Å². The number of halogens is 1. The van der Waals surface area contributed by atoms with Crippen LogP contribution in [0.4, 0.5) is 0 Å². The zero-order chi connectivity index (χ0) is 15.0. The van der Waals surface area contributed by atoms with E-state index in [4.69, 9.17) is 11.6 Å². The van der Waals surface area contributed by atoms with Gasteiger partial charge in [0.2, 0.25) is 5.91 Å². The Morgan fingerprint density at radius 1 is 1.30 bits per heavy atom. The van der Waals surface area contributed by atoms with E-state index < -0.39 is 9.84 Å². The molecule has 0 fully saturated rings. The fraction of sp³-hybridized carbons (Fsp3) is 0.500. The molecule has 0 saturated heterocycles. The van der Waals surface area contributed by atoms with Crippen LogP contribution in [0.1, 0.15) is 32.6 Å². The van der Waals surface area contributed by atoms with E-state index in [1.54, 1.807) is 12.1 Å². The molecule has 0 aliphatic carbocycles. The molecule has 1 rings (SSSR count). The maximum atomic E-state index is 12.0. The minimum absolute atomic E-state index is 0.0268. The lowest BCUT2D eigenvalue weighted by molar-refractivity contribution is -0.120. The Kier molecular flexibility index (Phi) is 7.02. The number of hydrogen-bond donors (Lipinski definition) is 1. The van der Waals surface area contributed by atoms with Gasteiger partial charge in [0.25, 0.3) is 0 Å². The number of rotatable bonds is 8. The predicted molar refractivity (Wildman–Crippen MR) is 80.7 cm³/mol. The molecule has 0 spiro atoms. The van der Waals surface area contributed by atoms with Gasteiger partial charge in [-0.3, -0.25) is 4.79 Å². The normalized spacial score (nSPS) is 11.3. The smallest absolute Gasteiger partial charge is 0.221 e. The van der Waals surface area contributed by atoms with Gasteiger partial charge in [0.15, 0.2) is 9.84 Å². The van der Waals surface area contributed by atoms with Gasteiger partial charge in [-0.1, -0.05) is 37.4 Å². The Hall–Kier alpha value is -1.07. The second kappa shape index (κ2) is 8.27. The maximum Gasteiger partial charge on any atom is 0.221 e. The molecule has 0 heterocycles. The van der Waals surface area contributed by atoms with E-state index in [1.807, 2.05) is 0 Å². The van der Waals surface area contributed by atoms with Gasteiger partial charge >= 0.3 is 0 Å². The molecule has 0 unspecified atom stereocenters. The topological polar surface area (TPSA) is 63.2 Å². The van der Waals surface area contributed by atoms with Crippen molar-refractivity contribution in [2.45, 2.75) is 37.5 Å². The second-order valence-corrected chi connectivity index (χ2v) is 7.13. The fourth-order valence-corrected chi connectivity index (χ4v) is 3.23. The van der Waals surface area contributed by atoms with E-state index in [2.05, 4.69) is 12.2 Å². The summed E-state index contributed by atoms with van der Waals surface area (Å²) in [6.45, 7) is 2.68. The van der Waals surface area contributed by atoms with Crippen molar-refractivity contribution in [3.8, 4) is 0 Å². The van der Waals surface area contributed by atoms with Gasteiger partial charge < -0.3 is 5.32 Å². The molecule has 0 aromatic heterocycles. The molecule has 4 nitrogen and oxygen atoms in total. The van der Waals surface area contributed by atoms with Gasteiger partial charge in [-0.05, 0) is 24.6 Å². The quantitative estimate of drug-likeness (QED) is 0.750. The lowest BCUT2D eigenvalue weighted by Crippen LogP contribution is -2.26. The number of carbonyl (C=O) groups excluding carboxylic acids is 1. The first-order valence-corrected chi connectivity index (χ1v) is 8.74. The number of unbranched alkanes of at least 4 members (excludes halogenated alkanes) is 2. The van der Waals surface area contributed by atoms with Crippen molar-refractivity contribution >= 4 is 27.3 Å². The monoisotopic (exact) mass is 317 g/mol. The summed E-state index contributed by atoms with van der Waals surface area (Å²) in [6, 6.07) is 6.08. The third-order valence-electron chi connectivity index (χ3n) is 2.86. The van der Waals surface area contributed by atoms with Crippen molar-refractivity contribution < 1.29 is 13.2 Å². The van der Waals surface area contributed by atoms with Crippen molar-refractivity contribution in [3.05, 3.63) is 29.3 Å². The molecular formula is C14H20ClNO3S. The SMILES string of the molecule is CCCCCNC(=O)CCS(=O)(=O)c1cccc(Cl)c1. The van der Waals surface area contributed by atoms with Crippen molar-refractivity contribution in [3.63, 3.8) is 0 Å². The molecule has 20 heavy (non-hydrogen) atoms. The lowest BCUT2D eigenvalue weighted by Gasteiger charge is -2.06. The van der Waals surface area contributed by atoms with E-state index in [-0.39, 0.29) is 23.0 Å². The number of amides is 1. The van der Waals surface area contributed by atoms with Crippen LogP contribution in [0.3, 0.4) is 0 Å². The standard InChI is InChI=1S/C14H20ClNO3S/c1-2-3-4-9-16-14(17)8-10-20(18,19)13-7-5-6-12(15)11-13/h5-7,11H,2-4,8-10H2,1H3,(H,16,17). The van der Waals surface area contributed by atoms with Crippen LogP contribution in [0.15, 0.2) is 29.2 Å². The Morgan fingerprint density at radius 3 is 2.70 bits per heavy atom. The average Bonchev–Trinajstić information content (AvgIpc) is 2.41. The summed E-state index contributed by atoms with van der Waals surface area (Å²) in [4.78, 5) is 11.7. The summed E-state index contributed by atoms with van der Waals surface area (Å²) >= 11 is 5.77. The van der Waals surface area contributed by atoms with Crippen LogP contribution in [0.2, 0.25) is 5.02 Å². The Morgan fingerprint density at radius 2 is 2.05 bits per heavy atom. The highest BCUT2D eigenvalue weighted by Crippen LogP contribution is 2.17. The van der Waals surface area contributed by atoms with Gasteiger partial charge in [-0.2, -0.15) is 0 Å². The van der Waals surface area contributed by atoms with Gasteiger partial charge in [0.05, 0.1) is 10.6 Å². The second-order valence-electron chi connectivity index (χ2n) is 4.58. The first-order chi connectivity index (χ1) is 9.45. The third-order valence-corrected chi connectivity index (χ3v) is 4.80. The van der Waals surface area contributed by atoms with Gasteiger partial charge in [0, 0.05) is 18.0 Å². The summed E-state index contributed by atoms with van der Waals surface area (Å²) < 4.78 is 24.1. The predicted octanol–water partition coefficient (Wildman–Crippen LogP) is 2.81. The van der Waals surface area contributed by atoms with E-state index in [1.165, 1.54) is 12.1 Å². The van der Waals surface area contributed by atoms with Crippen LogP contribution < -0.4 is 5.32 Å². The van der Waals surface area contributed by atoms with Gasteiger partial charge in [-0.15, -0.1) is 0 Å². The minimum Gasteiger partial charge on any atom is -0.356 e. The molecule has 0 saturated carbocycles. The highest BCUT2D eigenvalue weighted by Gasteiger charge is 2.16. The van der Waals surface area contributed by atoms with Crippen molar-refractivity contribution in [1.29, 1.82) is 0 Å². The first kappa shape index (κ1) is 17.0. The third kappa shape index (κ3) is 5.92. The molecule has 0 radical (unpaired) electrons. The highest BCUT2D eigenvalue weighted by molar-refractivity contribution is 7.91. The van der Waals surface area contributed by atoms with E-state index in [0.29, 0.717) is 11.6 Å². The van der Waals surface area contributed by atoms with Crippen LogP contribution in [0.25, 0.3) is 0 Å². The number of hydrogen-bond acceptors (Lipinski definition) is 3. The molecule has 0 aliphatic rings. The molecule has 1 aromatic rings. The molecule has 1 aromatic carbocycles. The fourth-order valence-electron chi connectivity index (χ4n) is 1.70. The molecule has 0 bridgehead atoms. The number of carbonyl (C=O) groups is 1.